The van der Waals surface area contributed by atoms with E-state index in [1.807, 2.05) is 68.4 Å². The number of furan rings is 2. The normalized spacial score (nSPS) is 12.2. The van der Waals surface area contributed by atoms with E-state index >= 15 is 0 Å². The van der Waals surface area contributed by atoms with E-state index in [0.29, 0.717) is 17.6 Å². The molecule has 1 aliphatic rings. The fourth-order valence-electron chi connectivity index (χ4n) is 9.49. The van der Waals surface area contributed by atoms with Crippen LogP contribution in [0.25, 0.3) is 129 Å². The van der Waals surface area contributed by atoms with Gasteiger partial charge in [0.2, 0.25) is 5.95 Å². The number of benzene rings is 8. The lowest BCUT2D eigenvalue weighted by Gasteiger charge is -2.14. The highest BCUT2D eigenvalue weighted by Gasteiger charge is 2.22. The van der Waals surface area contributed by atoms with Gasteiger partial charge in [-0.25, -0.2) is 4.98 Å². The molecule has 314 valence electrons. The standard InChI is InChI=1S/C58H36N4O2.C2H6/c1-3-15-36(16-4-1)56-59-57(41-31-32-47-45-23-8-10-30-51(45)63-53(47)35-41)61-58(60-56)62-50-28-9-7-21-44(50)48-26-13-24-42(54(48)62)39-19-11-17-37(33-39)38-18-12-20-40(34-38)43-25-14-27-49-46-22-5-2-6-29-52(46)64-55(43)49;1-2/h1,3-35H,2H2;1-2H3. The Morgan fingerprint density at radius 3 is 1.85 bits per heavy atom. The van der Waals surface area contributed by atoms with Crippen LogP contribution in [0.5, 0.6) is 0 Å². The van der Waals surface area contributed by atoms with E-state index in [1.165, 1.54) is 0 Å². The number of nitrogens with zero attached hydrogens (tertiary/aromatic N) is 4. The first-order valence-electron chi connectivity index (χ1n) is 22.6. The summed E-state index contributed by atoms with van der Waals surface area (Å²) in [6, 6.07) is 63.5. The van der Waals surface area contributed by atoms with Crippen molar-refractivity contribution in [1.82, 2.24) is 19.5 Å². The number of para-hydroxylation sites is 4. The Labute approximate surface area is 381 Å². The number of aromatic nitrogens is 4. The molecule has 0 N–H and O–H groups in total. The van der Waals surface area contributed by atoms with E-state index in [4.69, 9.17) is 23.8 Å². The van der Waals surface area contributed by atoms with Gasteiger partial charge in [0, 0.05) is 54.7 Å². The van der Waals surface area contributed by atoms with E-state index < -0.39 is 0 Å². The monoisotopic (exact) mass is 850 g/mol. The van der Waals surface area contributed by atoms with Crippen LogP contribution < -0.4 is 0 Å². The Balaban J connectivity index is 0.00000225. The quantitative estimate of drug-likeness (QED) is 0.167. The number of rotatable bonds is 6. The smallest absolute Gasteiger partial charge is 0.238 e. The Kier molecular flexibility index (Phi) is 9.57. The molecular formula is C60H42N4O2. The van der Waals surface area contributed by atoms with E-state index in [2.05, 4.69) is 156 Å². The van der Waals surface area contributed by atoms with Crippen molar-refractivity contribution in [3.8, 4) is 62.1 Å². The summed E-state index contributed by atoms with van der Waals surface area (Å²) in [5.74, 6) is 2.58. The second-order valence-electron chi connectivity index (χ2n) is 16.3. The van der Waals surface area contributed by atoms with E-state index in [9.17, 15) is 0 Å². The van der Waals surface area contributed by atoms with Gasteiger partial charge >= 0.3 is 0 Å². The maximum Gasteiger partial charge on any atom is 0.238 e. The first-order chi connectivity index (χ1) is 32.7. The predicted molar refractivity (Wildman–Crippen MR) is 272 cm³/mol. The number of hydrogen-bond acceptors (Lipinski definition) is 5. The summed E-state index contributed by atoms with van der Waals surface area (Å²) in [6.45, 7) is 4.00. The molecule has 6 heteroatoms. The molecule has 13 rings (SSSR count). The summed E-state index contributed by atoms with van der Waals surface area (Å²) in [5.41, 5.74) is 14.0. The molecule has 4 aromatic heterocycles. The number of hydrogen-bond donors (Lipinski definition) is 0. The van der Waals surface area contributed by atoms with Crippen molar-refractivity contribution in [3.63, 3.8) is 0 Å². The molecule has 0 saturated heterocycles. The summed E-state index contributed by atoms with van der Waals surface area (Å²) in [5, 5.41) is 5.49. The lowest BCUT2D eigenvalue weighted by molar-refractivity contribution is 0.604. The van der Waals surface area contributed by atoms with Crippen LogP contribution in [0.3, 0.4) is 0 Å². The van der Waals surface area contributed by atoms with E-state index in [-0.39, 0.29) is 0 Å². The lowest BCUT2D eigenvalue weighted by Crippen LogP contribution is -2.07. The highest BCUT2D eigenvalue weighted by molar-refractivity contribution is 6.14. The highest BCUT2D eigenvalue weighted by atomic mass is 16.3. The average molecular weight is 851 g/mol. The van der Waals surface area contributed by atoms with E-state index in [1.54, 1.807) is 0 Å². The molecule has 0 unspecified atom stereocenters. The van der Waals surface area contributed by atoms with Crippen molar-refractivity contribution in [2.24, 2.45) is 0 Å². The molecule has 0 saturated carbocycles. The summed E-state index contributed by atoms with van der Waals surface area (Å²) in [7, 11) is 0. The van der Waals surface area contributed by atoms with Gasteiger partial charge in [-0.05, 0) is 71.1 Å². The van der Waals surface area contributed by atoms with Crippen molar-refractivity contribution >= 4 is 66.9 Å². The molecule has 0 atom stereocenters. The third-order valence-corrected chi connectivity index (χ3v) is 12.5. The van der Waals surface area contributed by atoms with Gasteiger partial charge in [-0.2, -0.15) is 9.97 Å². The zero-order valence-corrected chi connectivity index (χ0v) is 36.4. The van der Waals surface area contributed by atoms with Gasteiger partial charge in [0.25, 0.3) is 0 Å². The molecule has 12 aromatic rings. The molecule has 6 nitrogen and oxygen atoms in total. The van der Waals surface area contributed by atoms with Crippen LogP contribution in [-0.2, 0) is 0 Å². The second-order valence-corrected chi connectivity index (χ2v) is 16.3. The van der Waals surface area contributed by atoms with Crippen LogP contribution in [0.4, 0.5) is 0 Å². The largest absolute Gasteiger partial charge is 0.456 e. The van der Waals surface area contributed by atoms with Crippen LogP contribution in [0, 0.1) is 0 Å². The van der Waals surface area contributed by atoms with Gasteiger partial charge in [0.05, 0.1) is 11.0 Å². The minimum atomic E-state index is 0.534. The minimum absolute atomic E-state index is 0.534. The Hall–Kier alpha value is -8.61. The van der Waals surface area contributed by atoms with Crippen LogP contribution in [0.15, 0.2) is 203 Å². The molecule has 1 aliphatic carbocycles. The molecule has 0 spiro atoms. The fourth-order valence-corrected chi connectivity index (χ4v) is 9.49. The van der Waals surface area contributed by atoms with E-state index in [0.717, 1.165) is 117 Å². The Morgan fingerprint density at radius 1 is 0.424 bits per heavy atom. The maximum atomic E-state index is 6.53. The maximum absolute atomic E-state index is 6.53. The van der Waals surface area contributed by atoms with Crippen molar-refractivity contribution < 1.29 is 8.83 Å². The van der Waals surface area contributed by atoms with Crippen molar-refractivity contribution in [1.29, 1.82) is 0 Å². The third-order valence-electron chi connectivity index (χ3n) is 12.5. The molecule has 0 bridgehead atoms. The fraction of sp³-hybridized carbons (Fsp3) is 0.0500. The minimum Gasteiger partial charge on any atom is -0.456 e. The zero-order valence-electron chi connectivity index (χ0n) is 36.4. The molecule has 0 amide bonds. The number of allylic oxidation sites excluding steroid dienone is 2. The van der Waals surface area contributed by atoms with Crippen molar-refractivity contribution in [2.75, 3.05) is 0 Å². The summed E-state index contributed by atoms with van der Waals surface area (Å²) >= 11 is 0. The van der Waals surface area contributed by atoms with Crippen LogP contribution in [0.2, 0.25) is 0 Å². The van der Waals surface area contributed by atoms with Gasteiger partial charge in [-0.1, -0.05) is 178 Å². The molecular weight excluding hydrogens is 809 g/mol. The molecule has 66 heavy (non-hydrogen) atoms. The Morgan fingerprint density at radius 2 is 1.03 bits per heavy atom. The lowest BCUT2D eigenvalue weighted by atomic mass is 9.95. The Bertz CT molecular complexity index is 3890. The summed E-state index contributed by atoms with van der Waals surface area (Å²) in [4.78, 5) is 15.7. The summed E-state index contributed by atoms with van der Waals surface area (Å²) < 4.78 is 15.1. The first kappa shape index (κ1) is 39.0. The topological polar surface area (TPSA) is 69.9 Å². The molecule has 0 radical (unpaired) electrons. The van der Waals surface area contributed by atoms with Gasteiger partial charge in [0.1, 0.15) is 22.5 Å². The highest BCUT2D eigenvalue weighted by Crippen LogP contribution is 2.41. The average Bonchev–Trinajstić information content (AvgIpc) is 3.99. The second kappa shape index (κ2) is 16.2. The predicted octanol–water partition coefficient (Wildman–Crippen LogP) is 16.4. The molecule has 8 aromatic carbocycles. The van der Waals surface area contributed by atoms with Crippen LogP contribution >= 0.6 is 0 Å². The molecule has 0 fully saturated rings. The van der Waals surface area contributed by atoms with Gasteiger partial charge in [0.15, 0.2) is 11.6 Å². The molecule has 4 heterocycles. The molecule has 0 aliphatic heterocycles. The van der Waals surface area contributed by atoms with Gasteiger partial charge < -0.3 is 8.83 Å². The van der Waals surface area contributed by atoms with Crippen LogP contribution in [-0.4, -0.2) is 19.5 Å². The van der Waals surface area contributed by atoms with Gasteiger partial charge in [-0.15, -0.1) is 0 Å². The summed E-state index contributed by atoms with van der Waals surface area (Å²) in [6.07, 6.45) is 9.50. The first-order valence-corrected chi connectivity index (χ1v) is 22.6. The third kappa shape index (κ3) is 6.53. The van der Waals surface area contributed by atoms with Crippen LogP contribution in [0.1, 0.15) is 31.6 Å². The zero-order chi connectivity index (χ0) is 44.1. The van der Waals surface area contributed by atoms with Gasteiger partial charge in [-0.3, -0.25) is 4.57 Å². The SMILES string of the molecule is C1=Cc2oc3c(-c4cccc(-c5cccc(-c6cccc7c8ccccc8n(-c8nc(-c9ccccc9)nc(-c9ccc%10c(c9)oc9ccccc9%10)n8)c67)c5)c4)cccc3c2C=CC1.CC. The number of fused-ring (bicyclic) bond motifs is 9. The van der Waals surface area contributed by atoms with Crippen molar-refractivity contribution in [3.05, 3.63) is 205 Å². The van der Waals surface area contributed by atoms with Crippen molar-refractivity contribution in [2.45, 2.75) is 20.3 Å².